The lowest BCUT2D eigenvalue weighted by molar-refractivity contribution is 0.313. The summed E-state index contributed by atoms with van der Waals surface area (Å²) in [5.41, 5.74) is 10.6. The molecule has 1 aliphatic heterocycles. The fourth-order valence-corrected chi connectivity index (χ4v) is 2.93. The molecule has 0 radical (unpaired) electrons. The third-order valence-corrected chi connectivity index (χ3v) is 4.61. The van der Waals surface area contributed by atoms with Crippen LogP contribution in [0.2, 0.25) is 0 Å². The zero-order valence-corrected chi connectivity index (χ0v) is 15.9. The Hall–Kier alpha value is -1.91. The molecule has 4 nitrogen and oxygen atoms in total. The third-order valence-electron chi connectivity index (χ3n) is 4.61. The van der Waals surface area contributed by atoms with Crippen molar-refractivity contribution in [3.63, 3.8) is 0 Å². The van der Waals surface area contributed by atoms with Gasteiger partial charge in [-0.15, -0.1) is 0 Å². The second kappa shape index (κ2) is 10.2. The number of anilines is 1. The molecule has 1 fully saturated rings. The van der Waals surface area contributed by atoms with Gasteiger partial charge in [-0.3, -0.25) is 4.98 Å². The van der Waals surface area contributed by atoms with Gasteiger partial charge in [-0.2, -0.15) is 0 Å². The molecule has 2 heterocycles. The summed E-state index contributed by atoms with van der Waals surface area (Å²) in [7, 11) is 2.18. The van der Waals surface area contributed by atoms with Crippen LogP contribution in [0.15, 0.2) is 42.6 Å². The van der Waals surface area contributed by atoms with Gasteiger partial charge in [0.2, 0.25) is 0 Å². The molecule has 0 aliphatic carbocycles. The highest BCUT2D eigenvalue weighted by Crippen LogP contribution is 2.16. The number of benzene rings is 1. The largest absolute Gasteiger partial charge is 0.368 e. The molecule has 2 N–H and O–H groups in total. The summed E-state index contributed by atoms with van der Waals surface area (Å²) in [5.74, 6) is 0. The molecule has 1 aromatic heterocycles. The molecular formula is C21H32N4. The minimum Gasteiger partial charge on any atom is -0.368 e. The van der Waals surface area contributed by atoms with Crippen molar-refractivity contribution in [3.8, 4) is 0 Å². The normalized spacial score (nSPS) is 14.8. The fraction of sp³-hybridized carbons (Fsp3) is 0.476. The van der Waals surface area contributed by atoms with E-state index in [9.17, 15) is 0 Å². The van der Waals surface area contributed by atoms with Gasteiger partial charge in [0.1, 0.15) is 0 Å². The van der Waals surface area contributed by atoms with Crippen LogP contribution < -0.4 is 10.6 Å². The van der Waals surface area contributed by atoms with Gasteiger partial charge in [0, 0.05) is 38.4 Å². The monoisotopic (exact) mass is 340 g/mol. The summed E-state index contributed by atoms with van der Waals surface area (Å²) in [6.07, 6.45) is 4.02. The van der Waals surface area contributed by atoms with Crippen molar-refractivity contribution in [1.82, 2.24) is 9.88 Å². The van der Waals surface area contributed by atoms with E-state index in [0.717, 1.165) is 44.7 Å². The Bertz CT molecular complexity index is 599. The predicted octanol–water partition coefficient (Wildman–Crippen LogP) is 3.10. The van der Waals surface area contributed by atoms with Crippen molar-refractivity contribution in [2.75, 3.05) is 38.1 Å². The number of nitrogens with two attached hydrogens (primary N) is 1. The van der Waals surface area contributed by atoms with Crippen LogP contribution in [0.25, 0.3) is 0 Å². The molecule has 1 aromatic carbocycles. The quantitative estimate of drug-likeness (QED) is 0.908. The Morgan fingerprint density at radius 1 is 0.880 bits per heavy atom. The van der Waals surface area contributed by atoms with Gasteiger partial charge in [0.15, 0.2) is 0 Å². The number of piperazine rings is 1. The number of likely N-dealkylation sites (N-methyl/N-ethyl adjacent to an activating group) is 1. The summed E-state index contributed by atoms with van der Waals surface area (Å²) in [6, 6.07) is 12.9. The number of hydrogen-bond acceptors (Lipinski definition) is 4. The SMILES string of the molecule is CC.CN1CCN(c2ccc(CCc3ccc(CN)cc3)nc2)CC1. The molecule has 25 heavy (non-hydrogen) atoms. The minimum atomic E-state index is 0.607. The highest BCUT2D eigenvalue weighted by Gasteiger charge is 2.14. The van der Waals surface area contributed by atoms with E-state index in [1.54, 1.807) is 0 Å². The van der Waals surface area contributed by atoms with Crippen molar-refractivity contribution >= 4 is 5.69 Å². The summed E-state index contributed by atoms with van der Waals surface area (Å²) in [6.45, 7) is 9.03. The summed E-state index contributed by atoms with van der Waals surface area (Å²) >= 11 is 0. The molecule has 136 valence electrons. The van der Waals surface area contributed by atoms with Crippen molar-refractivity contribution in [2.24, 2.45) is 5.73 Å². The first-order chi connectivity index (χ1) is 12.2. The Kier molecular flexibility index (Phi) is 7.89. The maximum atomic E-state index is 5.63. The second-order valence-electron chi connectivity index (χ2n) is 6.32. The van der Waals surface area contributed by atoms with E-state index in [1.807, 2.05) is 20.0 Å². The lowest BCUT2D eigenvalue weighted by atomic mass is 10.1. The van der Waals surface area contributed by atoms with Crippen molar-refractivity contribution in [3.05, 3.63) is 59.4 Å². The van der Waals surface area contributed by atoms with Crippen LogP contribution in [0.5, 0.6) is 0 Å². The number of aryl methyl sites for hydroxylation is 2. The van der Waals surface area contributed by atoms with Crippen molar-refractivity contribution in [2.45, 2.75) is 33.2 Å². The lowest BCUT2D eigenvalue weighted by Crippen LogP contribution is -2.44. The molecule has 0 unspecified atom stereocenters. The smallest absolute Gasteiger partial charge is 0.0553 e. The zero-order chi connectivity index (χ0) is 18.1. The third kappa shape index (κ3) is 5.83. The van der Waals surface area contributed by atoms with E-state index in [4.69, 9.17) is 5.73 Å². The van der Waals surface area contributed by atoms with Crippen molar-refractivity contribution < 1.29 is 0 Å². The van der Waals surface area contributed by atoms with Gasteiger partial charge in [-0.05, 0) is 43.1 Å². The summed E-state index contributed by atoms with van der Waals surface area (Å²) in [4.78, 5) is 9.43. The molecule has 4 heteroatoms. The van der Waals surface area contributed by atoms with Gasteiger partial charge >= 0.3 is 0 Å². The van der Waals surface area contributed by atoms with Gasteiger partial charge < -0.3 is 15.5 Å². The van der Waals surface area contributed by atoms with E-state index >= 15 is 0 Å². The topological polar surface area (TPSA) is 45.4 Å². The van der Waals surface area contributed by atoms with Crippen molar-refractivity contribution in [1.29, 1.82) is 0 Å². The van der Waals surface area contributed by atoms with E-state index in [2.05, 4.69) is 58.2 Å². The van der Waals surface area contributed by atoms with E-state index in [0.29, 0.717) is 6.54 Å². The predicted molar refractivity (Wildman–Crippen MR) is 107 cm³/mol. The highest BCUT2D eigenvalue weighted by molar-refractivity contribution is 5.45. The lowest BCUT2D eigenvalue weighted by Gasteiger charge is -2.33. The van der Waals surface area contributed by atoms with Gasteiger partial charge in [-0.25, -0.2) is 0 Å². The molecule has 3 rings (SSSR count). The Labute approximate surface area is 152 Å². The molecule has 1 aliphatic rings. The average molecular weight is 341 g/mol. The zero-order valence-electron chi connectivity index (χ0n) is 15.9. The number of aromatic nitrogens is 1. The molecule has 0 bridgehead atoms. The minimum absolute atomic E-state index is 0.607. The second-order valence-corrected chi connectivity index (χ2v) is 6.32. The Balaban J connectivity index is 0.00000109. The highest BCUT2D eigenvalue weighted by atomic mass is 15.2. The van der Waals surface area contributed by atoms with Crippen LogP contribution in [0.4, 0.5) is 5.69 Å². The molecule has 1 saturated heterocycles. The number of pyridine rings is 1. The number of rotatable bonds is 5. The molecule has 0 spiro atoms. The maximum absolute atomic E-state index is 5.63. The standard InChI is InChI=1S/C19H26N4.C2H6/c1-22-10-12-23(13-11-22)19-9-8-18(21-15-19)7-6-16-2-4-17(14-20)5-3-16;1-2/h2-5,8-9,15H,6-7,10-14,20H2,1H3;1-2H3. The van der Waals surface area contributed by atoms with Crippen LogP contribution in [-0.4, -0.2) is 43.1 Å². The molecule has 0 atom stereocenters. The van der Waals surface area contributed by atoms with Crippen LogP contribution in [0.3, 0.4) is 0 Å². The maximum Gasteiger partial charge on any atom is 0.0553 e. The average Bonchev–Trinajstić information content (AvgIpc) is 2.69. The molecule has 0 saturated carbocycles. The molecule has 0 amide bonds. The Morgan fingerprint density at radius 3 is 2.08 bits per heavy atom. The van der Waals surface area contributed by atoms with Crippen LogP contribution in [-0.2, 0) is 19.4 Å². The summed E-state index contributed by atoms with van der Waals surface area (Å²) in [5, 5.41) is 0. The first kappa shape index (κ1) is 19.4. The number of hydrogen-bond donors (Lipinski definition) is 1. The van der Waals surface area contributed by atoms with Crippen LogP contribution in [0, 0.1) is 0 Å². The summed E-state index contributed by atoms with van der Waals surface area (Å²) < 4.78 is 0. The van der Waals surface area contributed by atoms with Gasteiger partial charge in [-0.1, -0.05) is 38.1 Å². The first-order valence-electron chi connectivity index (χ1n) is 9.41. The van der Waals surface area contributed by atoms with Crippen LogP contribution >= 0.6 is 0 Å². The molecular weight excluding hydrogens is 308 g/mol. The van der Waals surface area contributed by atoms with E-state index in [-0.39, 0.29) is 0 Å². The fourth-order valence-electron chi connectivity index (χ4n) is 2.93. The van der Waals surface area contributed by atoms with E-state index in [1.165, 1.54) is 16.8 Å². The number of nitrogens with zero attached hydrogens (tertiary/aromatic N) is 3. The van der Waals surface area contributed by atoms with Crippen LogP contribution in [0.1, 0.15) is 30.7 Å². The van der Waals surface area contributed by atoms with Gasteiger partial charge in [0.05, 0.1) is 11.9 Å². The van der Waals surface area contributed by atoms with E-state index < -0.39 is 0 Å². The van der Waals surface area contributed by atoms with Gasteiger partial charge in [0.25, 0.3) is 0 Å². The molecule has 2 aromatic rings. The first-order valence-corrected chi connectivity index (χ1v) is 9.41. The Morgan fingerprint density at radius 2 is 1.52 bits per heavy atom.